The lowest BCUT2D eigenvalue weighted by atomic mass is 10.1. The highest BCUT2D eigenvalue weighted by atomic mass is 16.5. The number of rotatable bonds is 5. The van der Waals surface area contributed by atoms with E-state index in [4.69, 9.17) is 4.74 Å². The molecule has 15 heavy (non-hydrogen) atoms. The van der Waals surface area contributed by atoms with E-state index in [0.717, 1.165) is 25.9 Å². The summed E-state index contributed by atoms with van der Waals surface area (Å²) in [7, 11) is 0. The van der Waals surface area contributed by atoms with Gasteiger partial charge in [0.15, 0.2) is 0 Å². The van der Waals surface area contributed by atoms with Gasteiger partial charge in [-0.25, -0.2) is 4.79 Å². The zero-order valence-electron chi connectivity index (χ0n) is 9.71. The standard InChI is InChI=1S/C11H22N2O2/c1-3-4-5-9(2)12-11(14)13-10-6-7-15-8-10/h9-10H,3-8H2,1-2H3,(H2,12,13,14). The van der Waals surface area contributed by atoms with Crippen LogP contribution >= 0.6 is 0 Å². The quantitative estimate of drug-likeness (QED) is 0.731. The summed E-state index contributed by atoms with van der Waals surface area (Å²) in [6, 6.07) is 0.393. The van der Waals surface area contributed by atoms with Gasteiger partial charge >= 0.3 is 6.03 Å². The van der Waals surface area contributed by atoms with Crippen LogP contribution in [0.4, 0.5) is 4.79 Å². The molecule has 0 spiro atoms. The second-order valence-corrected chi connectivity index (χ2v) is 4.22. The van der Waals surface area contributed by atoms with Crippen LogP contribution in [0.5, 0.6) is 0 Å². The van der Waals surface area contributed by atoms with Gasteiger partial charge in [-0.05, 0) is 19.8 Å². The lowest BCUT2D eigenvalue weighted by Gasteiger charge is -2.16. The fourth-order valence-corrected chi connectivity index (χ4v) is 1.68. The van der Waals surface area contributed by atoms with E-state index in [1.807, 2.05) is 6.92 Å². The molecule has 0 saturated carbocycles. The number of amides is 2. The van der Waals surface area contributed by atoms with Crippen molar-refractivity contribution in [2.24, 2.45) is 0 Å². The average Bonchev–Trinajstić information content (AvgIpc) is 2.67. The molecule has 1 fully saturated rings. The summed E-state index contributed by atoms with van der Waals surface area (Å²) in [4.78, 5) is 11.5. The fraction of sp³-hybridized carbons (Fsp3) is 0.909. The Hall–Kier alpha value is -0.770. The smallest absolute Gasteiger partial charge is 0.315 e. The number of hydrogen-bond acceptors (Lipinski definition) is 2. The Labute approximate surface area is 91.8 Å². The molecule has 2 N–H and O–H groups in total. The maximum absolute atomic E-state index is 11.5. The maximum Gasteiger partial charge on any atom is 0.315 e. The van der Waals surface area contributed by atoms with Gasteiger partial charge in [0.05, 0.1) is 12.6 Å². The molecule has 0 radical (unpaired) electrons. The molecule has 1 saturated heterocycles. The summed E-state index contributed by atoms with van der Waals surface area (Å²) in [5.74, 6) is 0. The van der Waals surface area contributed by atoms with Gasteiger partial charge in [0.25, 0.3) is 0 Å². The molecular weight excluding hydrogens is 192 g/mol. The molecule has 4 heteroatoms. The van der Waals surface area contributed by atoms with E-state index >= 15 is 0 Å². The second-order valence-electron chi connectivity index (χ2n) is 4.22. The van der Waals surface area contributed by atoms with Crippen LogP contribution in [-0.4, -0.2) is 31.3 Å². The van der Waals surface area contributed by atoms with Gasteiger partial charge in [-0.2, -0.15) is 0 Å². The molecule has 88 valence electrons. The van der Waals surface area contributed by atoms with Gasteiger partial charge < -0.3 is 15.4 Å². The van der Waals surface area contributed by atoms with E-state index in [2.05, 4.69) is 17.6 Å². The van der Waals surface area contributed by atoms with Crippen LogP contribution < -0.4 is 10.6 Å². The van der Waals surface area contributed by atoms with Crippen LogP contribution in [0.25, 0.3) is 0 Å². The first-order chi connectivity index (χ1) is 7.22. The molecule has 2 atom stereocenters. The Morgan fingerprint density at radius 1 is 1.60 bits per heavy atom. The van der Waals surface area contributed by atoms with Crippen molar-refractivity contribution in [3.05, 3.63) is 0 Å². The van der Waals surface area contributed by atoms with Crippen LogP contribution in [0, 0.1) is 0 Å². The maximum atomic E-state index is 11.5. The van der Waals surface area contributed by atoms with E-state index < -0.39 is 0 Å². The highest BCUT2D eigenvalue weighted by molar-refractivity contribution is 5.74. The third-order valence-electron chi connectivity index (χ3n) is 2.63. The van der Waals surface area contributed by atoms with Crippen molar-refractivity contribution < 1.29 is 9.53 Å². The zero-order chi connectivity index (χ0) is 11.1. The minimum Gasteiger partial charge on any atom is -0.379 e. The summed E-state index contributed by atoms with van der Waals surface area (Å²) < 4.78 is 5.19. The van der Waals surface area contributed by atoms with Crippen molar-refractivity contribution in [3.63, 3.8) is 0 Å². The number of carbonyl (C=O) groups excluding carboxylic acids is 1. The SMILES string of the molecule is CCCCC(C)NC(=O)NC1CCOC1. The van der Waals surface area contributed by atoms with Gasteiger partial charge in [0, 0.05) is 12.6 Å². The first kappa shape index (κ1) is 12.3. The number of unbranched alkanes of at least 4 members (excludes halogenated alkanes) is 1. The molecule has 1 aliphatic rings. The molecule has 0 aromatic rings. The molecule has 1 aliphatic heterocycles. The Kier molecular flexibility index (Phi) is 5.47. The molecule has 0 aromatic heterocycles. The van der Waals surface area contributed by atoms with Crippen LogP contribution in [0.2, 0.25) is 0 Å². The molecule has 1 heterocycles. The van der Waals surface area contributed by atoms with E-state index in [1.54, 1.807) is 0 Å². The molecule has 0 aromatic carbocycles. The Bertz CT molecular complexity index is 191. The number of nitrogens with one attached hydrogen (secondary N) is 2. The van der Waals surface area contributed by atoms with Gasteiger partial charge in [0.1, 0.15) is 0 Å². The van der Waals surface area contributed by atoms with E-state index in [0.29, 0.717) is 6.61 Å². The predicted molar refractivity (Wildman–Crippen MR) is 59.9 cm³/mol. The normalized spacial score (nSPS) is 22.4. The number of carbonyl (C=O) groups is 1. The largest absolute Gasteiger partial charge is 0.379 e. The number of hydrogen-bond donors (Lipinski definition) is 2. The highest BCUT2D eigenvalue weighted by Crippen LogP contribution is 2.03. The van der Waals surface area contributed by atoms with Crippen molar-refractivity contribution in [2.45, 2.75) is 51.6 Å². The van der Waals surface area contributed by atoms with Gasteiger partial charge in [-0.3, -0.25) is 0 Å². The Morgan fingerprint density at radius 3 is 3.00 bits per heavy atom. The summed E-state index contributed by atoms with van der Waals surface area (Å²) in [5, 5.41) is 5.85. The van der Waals surface area contributed by atoms with Crippen molar-refractivity contribution in [3.8, 4) is 0 Å². The lowest BCUT2D eigenvalue weighted by molar-refractivity contribution is 0.188. The fourth-order valence-electron chi connectivity index (χ4n) is 1.68. The minimum atomic E-state index is -0.0610. The average molecular weight is 214 g/mol. The third kappa shape index (κ3) is 5.02. The van der Waals surface area contributed by atoms with Gasteiger partial charge in [0.2, 0.25) is 0 Å². The molecule has 4 nitrogen and oxygen atoms in total. The highest BCUT2D eigenvalue weighted by Gasteiger charge is 2.18. The first-order valence-corrected chi connectivity index (χ1v) is 5.87. The van der Waals surface area contributed by atoms with Crippen LogP contribution in [-0.2, 0) is 4.74 Å². The second kappa shape index (κ2) is 6.67. The lowest BCUT2D eigenvalue weighted by Crippen LogP contribution is -2.45. The van der Waals surface area contributed by atoms with Crippen LogP contribution in [0.1, 0.15) is 39.5 Å². The number of ether oxygens (including phenoxy) is 1. The molecule has 1 rings (SSSR count). The zero-order valence-corrected chi connectivity index (χ0v) is 9.71. The molecule has 0 aliphatic carbocycles. The molecule has 2 amide bonds. The van der Waals surface area contributed by atoms with Crippen molar-refractivity contribution >= 4 is 6.03 Å². The van der Waals surface area contributed by atoms with Gasteiger partial charge in [-0.15, -0.1) is 0 Å². The van der Waals surface area contributed by atoms with Crippen molar-refractivity contribution in [1.82, 2.24) is 10.6 Å². The van der Waals surface area contributed by atoms with Crippen LogP contribution in [0.3, 0.4) is 0 Å². The molecular formula is C11H22N2O2. The summed E-state index contributed by atoms with van der Waals surface area (Å²) in [6.07, 6.45) is 4.31. The van der Waals surface area contributed by atoms with E-state index in [1.165, 1.54) is 6.42 Å². The third-order valence-corrected chi connectivity index (χ3v) is 2.63. The van der Waals surface area contributed by atoms with Crippen molar-refractivity contribution in [2.75, 3.05) is 13.2 Å². The Morgan fingerprint density at radius 2 is 2.40 bits per heavy atom. The minimum absolute atomic E-state index is 0.0610. The van der Waals surface area contributed by atoms with E-state index in [9.17, 15) is 4.79 Å². The van der Waals surface area contributed by atoms with Gasteiger partial charge in [-0.1, -0.05) is 19.8 Å². The van der Waals surface area contributed by atoms with Crippen molar-refractivity contribution in [1.29, 1.82) is 0 Å². The van der Waals surface area contributed by atoms with Crippen LogP contribution in [0.15, 0.2) is 0 Å². The summed E-state index contributed by atoms with van der Waals surface area (Å²) in [5.41, 5.74) is 0. The number of urea groups is 1. The Balaban J connectivity index is 2.11. The molecule has 2 unspecified atom stereocenters. The van der Waals surface area contributed by atoms with E-state index in [-0.39, 0.29) is 18.1 Å². The molecule has 0 bridgehead atoms. The summed E-state index contributed by atoms with van der Waals surface area (Å²) in [6.45, 7) is 5.61. The predicted octanol–water partition coefficient (Wildman–Crippen LogP) is 1.65. The topological polar surface area (TPSA) is 50.4 Å². The summed E-state index contributed by atoms with van der Waals surface area (Å²) >= 11 is 0. The first-order valence-electron chi connectivity index (χ1n) is 5.87. The monoisotopic (exact) mass is 214 g/mol.